The molecule has 0 saturated heterocycles. The van der Waals surface area contributed by atoms with Gasteiger partial charge in [0.15, 0.2) is 0 Å². The second-order valence-corrected chi connectivity index (χ2v) is 12.0. The van der Waals surface area contributed by atoms with E-state index < -0.39 is 23.2 Å². The van der Waals surface area contributed by atoms with E-state index in [0.717, 1.165) is 22.3 Å². The molecule has 2 aromatic carbocycles. The summed E-state index contributed by atoms with van der Waals surface area (Å²) in [5.74, 6) is -1.26. The van der Waals surface area contributed by atoms with Crippen molar-refractivity contribution in [1.29, 1.82) is 0 Å². The van der Waals surface area contributed by atoms with E-state index in [4.69, 9.17) is 9.47 Å². The van der Waals surface area contributed by atoms with Gasteiger partial charge in [-0.3, -0.25) is 24.1 Å². The van der Waals surface area contributed by atoms with E-state index >= 15 is 0 Å². The Morgan fingerprint density at radius 3 is 2.24 bits per heavy atom. The third-order valence-electron chi connectivity index (χ3n) is 7.61. The molecule has 1 aliphatic carbocycles. The predicted octanol–water partition coefficient (Wildman–Crippen LogP) is 5.17. The van der Waals surface area contributed by atoms with Gasteiger partial charge in [0.25, 0.3) is 11.8 Å². The van der Waals surface area contributed by atoms with Crippen LogP contribution in [-0.2, 0) is 35.1 Å². The Hall–Kier alpha value is -4.04. The third-order valence-corrected chi connectivity index (χ3v) is 7.61. The van der Waals surface area contributed by atoms with Gasteiger partial charge in [0, 0.05) is 43.7 Å². The Morgan fingerprint density at radius 2 is 1.50 bits per heavy atom. The van der Waals surface area contributed by atoms with Crippen molar-refractivity contribution in [2.45, 2.75) is 77.0 Å². The summed E-state index contributed by atoms with van der Waals surface area (Å²) < 4.78 is 12.0. The fraction of sp³-hybridized carbons (Fsp3) is 0.412. The average molecular weight is 573 g/mol. The van der Waals surface area contributed by atoms with Crippen molar-refractivity contribution in [3.8, 4) is 0 Å². The molecule has 1 aliphatic heterocycles. The molecule has 1 N–H and O–H groups in total. The summed E-state index contributed by atoms with van der Waals surface area (Å²) in [6.07, 6.45) is 7.82. The van der Waals surface area contributed by atoms with Crippen LogP contribution in [0.25, 0.3) is 12.2 Å². The summed E-state index contributed by atoms with van der Waals surface area (Å²) in [7, 11) is 0. The maximum atomic E-state index is 12.9. The molecule has 2 aromatic rings. The topological polar surface area (TPSA) is 102 Å². The SMILES string of the molecule is CC(C)(CCOC(C)(C)CCN1C(=O)C=CC1=O)NC(=O)CCC(=O)OC1Cc2ccccc2/C=C\c2ccccc21. The molecule has 0 aromatic heterocycles. The highest BCUT2D eigenvalue weighted by molar-refractivity contribution is 6.12. The number of fused-ring (bicyclic) bond motifs is 2. The minimum Gasteiger partial charge on any atom is -0.457 e. The molecule has 3 amide bonds. The van der Waals surface area contributed by atoms with Gasteiger partial charge in [-0.05, 0) is 62.8 Å². The number of carbonyl (C=O) groups is 4. The number of nitrogens with one attached hydrogen (secondary N) is 1. The first-order chi connectivity index (χ1) is 19.9. The molecule has 1 unspecified atom stereocenters. The second kappa shape index (κ2) is 13.3. The fourth-order valence-electron chi connectivity index (χ4n) is 5.06. The van der Waals surface area contributed by atoms with Gasteiger partial charge >= 0.3 is 5.97 Å². The molecule has 0 fully saturated rings. The lowest BCUT2D eigenvalue weighted by Crippen LogP contribution is -2.45. The van der Waals surface area contributed by atoms with E-state index in [1.807, 2.05) is 82.3 Å². The van der Waals surface area contributed by atoms with Crippen LogP contribution in [0.15, 0.2) is 60.7 Å². The molecule has 4 rings (SSSR count). The fourth-order valence-corrected chi connectivity index (χ4v) is 5.06. The quantitative estimate of drug-likeness (QED) is 0.278. The highest BCUT2D eigenvalue weighted by Gasteiger charge is 2.29. The number of benzene rings is 2. The summed E-state index contributed by atoms with van der Waals surface area (Å²) in [5, 5.41) is 3.00. The monoisotopic (exact) mass is 572 g/mol. The smallest absolute Gasteiger partial charge is 0.306 e. The zero-order valence-corrected chi connectivity index (χ0v) is 24.9. The molecule has 0 spiro atoms. The van der Waals surface area contributed by atoms with E-state index in [-0.39, 0.29) is 37.1 Å². The molecule has 1 atom stereocenters. The van der Waals surface area contributed by atoms with Crippen LogP contribution in [0.2, 0.25) is 0 Å². The zero-order chi connectivity index (χ0) is 30.3. The molecular formula is C34H40N2O6. The Bertz CT molecular complexity index is 1370. The first-order valence-electron chi connectivity index (χ1n) is 14.5. The molecule has 0 saturated carbocycles. The largest absolute Gasteiger partial charge is 0.457 e. The van der Waals surface area contributed by atoms with Gasteiger partial charge in [0.2, 0.25) is 5.91 Å². The molecule has 8 heteroatoms. The van der Waals surface area contributed by atoms with Crippen LogP contribution in [0, 0.1) is 0 Å². The van der Waals surface area contributed by atoms with Crippen LogP contribution < -0.4 is 5.32 Å². The summed E-state index contributed by atoms with van der Waals surface area (Å²) in [6.45, 7) is 8.29. The number of amides is 3. The molecule has 1 heterocycles. The molecule has 42 heavy (non-hydrogen) atoms. The van der Waals surface area contributed by atoms with E-state index in [2.05, 4.69) is 11.4 Å². The van der Waals surface area contributed by atoms with Gasteiger partial charge in [-0.25, -0.2) is 0 Å². The van der Waals surface area contributed by atoms with Gasteiger partial charge in [0.1, 0.15) is 6.10 Å². The van der Waals surface area contributed by atoms with Gasteiger partial charge in [-0.15, -0.1) is 0 Å². The Morgan fingerprint density at radius 1 is 0.857 bits per heavy atom. The average Bonchev–Trinajstić information content (AvgIpc) is 3.25. The number of nitrogens with zero attached hydrogens (tertiary/aromatic N) is 1. The number of esters is 1. The predicted molar refractivity (Wildman–Crippen MR) is 161 cm³/mol. The molecule has 2 aliphatic rings. The number of hydrogen-bond acceptors (Lipinski definition) is 6. The Kier molecular flexibility index (Phi) is 9.78. The summed E-state index contributed by atoms with van der Waals surface area (Å²) >= 11 is 0. The van der Waals surface area contributed by atoms with Gasteiger partial charge in [0.05, 0.1) is 12.0 Å². The van der Waals surface area contributed by atoms with E-state index in [1.54, 1.807) is 0 Å². The summed E-state index contributed by atoms with van der Waals surface area (Å²) in [6, 6.07) is 16.0. The lowest BCUT2D eigenvalue weighted by atomic mass is 9.91. The normalized spacial score (nSPS) is 17.2. The number of carbonyl (C=O) groups excluding carboxylic acids is 4. The lowest BCUT2D eigenvalue weighted by Gasteiger charge is -2.31. The van der Waals surface area contributed by atoms with Gasteiger partial charge in [-0.1, -0.05) is 60.7 Å². The van der Waals surface area contributed by atoms with Crippen LogP contribution in [0.5, 0.6) is 0 Å². The molecule has 0 radical (unpaired) electrons. The van der Waals surface area contributed by atoms with E-state index in [0.29, 0.717) is 25.9 Å². The van der Waals surface area contributed by atoms with Crippen LogP contribution in [0.4, 0.5) is 0 Å². The second-order valence-electron chi connectivity index (χ2n) is 12.0. The van der Waals surface area contributed by atoms with Crippen molar-refractivity contribution in [2.24, 2.45) is 0 Å². The maximum Gasteiger partial charge on any atom is 0.306 e. The Labute approximate surface area is 247 Å². The van der Waals surface area contributed by atoms with Crippen LogP contribution >= 0.6 is 0 Å². The molecule has 222 valence electrons. The van der Waals surface area contributed by atoms with Crippen molar-refractivity contribution < 1.29 is 28.7 Å². The number of ether oxygens (including phenoxy) is 2. The molecular weight excluding hydrogens is 532 g/mol. The molecule has 8 nitrogen and oxygen atoms in total. The van der Waals surface area contributed by atoms with Gasteiger partial charge in [-0.2, -0.15) is 0 Å². The van der Waals surface area contributed by atoms with Crippen molar-refractivity contribution in [3.05, 3.63) is 82.9 Å². The van der Waals surface area contributed by atoms with Gasteiger partial charge < -0.3 is 14.8 Å². The Balaban J connectivity index is 1.23. The lowest BCUT2D eigenvalue weighted by molar-refractivity contribution is -0.150. The van der Waals surface area contributed by atoms with E-state index in [9.17, 15) is 19.2 Å². The molecule has 0 bridgehead atoms. The highest BCUT2D eigenvalue weighted by Crippen LogP contribution is 2.31. The standard InChI is InChI=1S/C34H40N2O6/c1-33(2,20-22-41-34(3,4)19-21-36-30(38)16-17-31(36)39)35-29(37)15-18-32(40)42-28-23-26-11-6-5-9-24(26)13-14-25-10-7-8-12-27(25)28/h5-14,16-17,28H,15,18-23H2,1-4H3,(H,35,37)/b14-13-. The number of rotatable bonds is 12. The van der Waals surface area contributed by atoms with Crippen molar-refractivity contribution >= 4 is 35.8 Å². The third kappa shape index (κ3) is 8.49. The number of imide groups is 1. The first-order valence-corrected chi connectivity index (χ1v) is 14.5. The van der Waals surface area contributed by atoms with Crippen molar-refractivity contribution in [1.82, 2.24) is 10.2 Å². The van der Waals surface area contributed by atoms with Crippen molar-refractivity contribution in [2.75, 3.05) is 13.2 Å². The van der Waals surface area contributed by atoms with Crippen LogP contribution in [0.1, 0.15) is 81.7 Å². The zero-order valence-electron chi connectivity index (χ0n) is 24.9. The van der Waals surface area contributed by atoms with Crippen LogP contribution in [-0.4, -0.2) is 52.9 Å². The summed E-state index contributed by atoms with van der Waals surface area (Å²) in [5.41, 5.74) is 3.03. The highest BCUT2D eigenvalue weighted by atomic mass is 16.5. The minimum absolute atomic E-state index is 0.0192. The van der Waals surface area contributed by atoms with Crippen molar-refractivity contribution in [3.63, 3.8) is 0 Å². The number of hydrogen-bond donors (Lipinski definition) is 1. The van der Waals surface area contributed by atoms with Crippen LogP contribution in [0.3, 0.4) is 0 Å². The first kappa shape index (κ1) is 30.9. The van der Waals surface area contributed by atoms with E-state index in [1.165, 1.54) is 17.1 Å². The summed E-state index contributed by atoms with van der Waals surface area (Å²) in [4.78, 5) is 50.4. The minimum atomic E-state index is -0.559. The maximum absolute atomic E-state index is 12.9.